The Morgan fingerprint density at radius 3 is 0.900 bits per heavy atom. The number of hydrogen-bond donors (Lipinski definition) is 4. The van der Waals surface area contributed by atoms with Crippen LogP contribution in [0.5, 0.6) is 0 Å². The second kappa shape index (κ2) is 16.4. The Hall–Kier alpha value is 0.800. The molecule has 0 fully saturated rings. The summed E-state index contributed by atoms with van der Waals surface area (Å²) >= 11 is 0. The predicted molar refractivity (Wildman–Crippen MR) is 30.4 cm³/mol. The molecule has 0 aliphatic heterocycles. The molecule has 0 bridgehead atoms. The average Bonchev–Trinajstić information content (AvgIpc) is 1.25. The van der Waals surface area contributed by atoms with E-state index in [-0.39, 0.29) is 71.6 Å². The van der Waals surface area contributed by atoms with Crippen molar-refractivity contribution in [2.75, 3.05) is 0 Å². The van der Waals surface area contributed by atoms with Crippen molar-refractivity contribution in [2.45, 2.75) is 0 Å². The standard InChI is InChI=1S/2CH2O3.Ca.Na.3H/c2*2-1(3)4;;;;;/h2*(H2,2,3,4);;;;;/q;;+2;+1;3*-1. The molecule has 0 heterocycles. The monoisotopic (exact) mass is 190 g/mol. The minimum atomic E-state index is -1.83. The summed E-state index contributed by atoms with van der Waals surface area (Å²) in [4.78, 5) is 17.1. The summed E-state index contributed by atoms with van der Waals surface area (Å²) < 4.78 is 0. The van der Waals surface area contributed by atoms with Gasteiger partial charge in [0.05, 0.1) is 0 Å². The van der Waals surface area contributed by atoms with Crippen LogP contribution in [-0.4, -0.2) is 70.5 Å². The molecule has 0 aromatic heterocycles. The molecule has 0 rings (SSSR count). The summed E-state index contributed by atoms with van der Waals surface area (Å²) in [5, 5.41) is 27.9. The van der Waals surface area contributed by atoms with Crippen molar-refractivity contribution < 1.29 is 63.9 Å². The van der Waals surface area contributed by atoms with Crippen LogP contribution in [0.4, 0.5) is 9.59 Å². The van der Waals surface area contributed by atoms with Crippen LogP contribution in [0.2, 0.25) is 0 Å². The Morgan fingerprint density at radius 1 is 0.900 bits per heavy atom. The van der Waals surface area contributed by atoms with Crippen molar-refractivity contribution in [3.05, 3.63) is 0 Å². The first-order valence-corrected chi connectivity index (χ1v) is 1.30. The summed E-state index contributed by atoms with van der Waals surface area (Å²) in [5.74, 6) is 0. The number of carboxylic acid groups (broad SMARTS) is 4. The molecule has 0 atom stereocenters. The molecule has 0 aromatic carbocycles. The van der Waals surface area contributed by atoms with Crippen LogP contribution in [-0.2, 0) is 0 Å². The van der Waals surface area contributed by atoms with Gasteiger partial charge in [-0.2, -0.15) is 0 Å². The van der Waals surface area contributed by atoms with Gasteiger partial charge in [0.25, 0.3) is 0 Å². The van der Waals surface area contributed by atoms with Crippen LogP contribution in [0.1, 0.15) is 4.28 Å². The zero-order valence-corrected chi connectivity index (χ0v) is 9.52. The van der Waals surface area contributed by atoms with E-state index in [1.54, 1.807) is 0 Å². The van der Waals surface area contributed by atoms with Crippen molar-refractivity contribution >= 4 is 50.0 Å². The van der Waals surface area contributed by atoms with Gasteiger partial charge in [-0.15, -0.1) is 0 Å². The molecule has 4 N–H and O–H groups in total. The summed E-state index contributed by atoms with van der Waals surface area (Å²) in [5.41, 5.74) is 0. The summed E-state index contributed by atoms with van der Waals surface area (Å²) in [6.07, 6.45) is -3.67. The molecule has 8 heteroatoms. The van der Waals surface area contributed by atoms with Crippen molar-refractivity contribution in [3.63, 3.8) is 0 Å². The van der Waals surface area contributed by atoms with E-state index in [2.05, 4.69) is 0 Å². The van der Waals surface area contributed by atoms with E-state index >= 15 is 0 Å². The molecule has 6 nitrogen and oxygen atoms in total. The molecule has 0 amide bonds. The van der Waals surface area contributed by atoms with Crippen molar-refractivity contribution in [2.24, 2.45) is 0 Å². The van der Waals surface area contributed by atoms with Crippen molar-refractivity contribution in [1.29, 1.82) is 0 Å². The Kier molecular flexibility index (Phi) is 36.8. The van der Waals surface area contributed by atoms with Gasteiger partial charge in [-0.1, -0.05) is 0 Å². The minimum Gasteiger partial charge on any atom is -1.00 e. The second-order valence-corrected chi connectivity index (χ2v) is 0.565. The minimum absolute atomic E-state index is 0. The van der Waals surface area contributed by atoms with E-state index in [0.29, 0.717) is 0 Å². The van der Waals surface area contributed by atoms with Crippen molar-refractivity contribution in [3.8, 4) is 0 Å². The zero-order chi connectivity index (χ0) is 7.15. The van der Waals surface area contributed by atoms with Gasteiger partial charge in [0.2, 0.25) is 0 Å². The van der Waals surface area contributed by atoms with E-state index in [9.17, 15) is 0 Å². The zero-order valence-electron chi connectivity index (χ0n) is 8.31. The fourth-order valence-electron chi connectivity index (χ4n) is 0. The Labute approximate surface area is 113 Å². The van der Waals surface area contributed by atoms with E-state index in [0.717, 1.165) is 0 Å². The maximum atomic E-state index is 8.56. The molecule has 0 unspecified atom stereocenters. The van der Waals surface area contributed by atoms with Gasteiger partial charge in [-0.05, 0) is 0 Å². The molecule has 0 aliphatic rings. The van der Waals surface area contributed by atoms with Gasteiger partial charge in [0.15, 0.2) is 0 Å². The molecular formula is C2H7CaNaO6. The molecule has 54 valence electrons. The van der Waals surface area contributed by atoms with Gasteiger partial charge in [-0.25, -0.2) is 9.59 Å². The van der Waals surface area contributed by atoms with Crippen molar-refractivity contribution in [1.82, 2.24) is 0 Å². The molecule has 0 spiro atoms. The third-order valence-corrected chi connectivity index (χ3v) is 0. The van der Waals surface area contributed by atoms with Gasteiger partial charge in [0.1, 0.15) is 0 Å². The number of rotatable bonds is 0. The van der Waals surface area contributed by atoms with E-state index in [4.69, 9.17) is 30.0 Å². The fraction of sp³-hybridized carbons (Fsp3) is 0. The van der Waals surface area contributed by atoms with Crippen LogP contribution in [0.3, 0.4) is 0 Å². The van der Waals surface area contributed by atoms with E-state index in [1.807, 2.05) is 0 Å². The van der Waals surface area contributed by atoms with Crippen LogP contribution in [0, 0.1) is 0 Å². The van der Waals surface area contributed by atoms with Crippen LogP contribution < -0.4 is 29.6 Å². The SMILES string of the molecule is O=C(O)O.O=C(O)O.[Ca+2].[H-].[H-].[H-].[Na+]. The number of hydrogen-bond acceptors (Lipinski definition) is 2. The first-order chi connectivity index (χ1) is 3.46. The van der Waals surface area contributed by atoms with Gasteiger partial charge >= 0.3 is 79.6 Å². The Morgan fingerprint density at radius 2 is 0.900 bits per heavy atom. The largest absolute Gasteiger partial charge is 2.00 e. The summed E-state index contributed by atoms with van der Waals surface area (Å²) in [6, 6.07) is 0. The topological polar surface area (TPSA) is 115 Å². The molecular weight excluding hydrogens is 183 g/mol. The third kappa shape index (κ3) is 837. The molecule has 0 saturated heterocycles. The Balaban J connectivity index is -0.00000000800. The maximum Gasteiger partial charge on any atom is 2.00 e. The first kappa shape index (κ1) is 22.4. The smallest absolute Gasteiger partial charge is 1.00 e. The molecule has 0 aromatic rings. The fourth-order valence-corrected chi connectivity index (χ4v) is 0. The summed E-state index contributed by atoms with van der Waals surface area (Å²) in [6.45, 7) is 0. The first-order valence-electron chi connectivity index (χ1n) is 1.30. The van der Waals surface area contributed by atoms with Crippen LogP contribution >= 0.6 is 0 Å². The summed E-state index contributed by atoms with van der Waals surface area (Å²) in [7, 11) is 0. The molecule has 0 aliphatic carbocycles. The third-order valence-electron chi connectivity index (χ3n) is 0. The number of carbonyl (C=O) groups is 2. The maximum absolute atomic E-state index is 8.56. The molecule has 0 saturated carbocycles. The van der Waals surface area contributed by atoms with E-state index < -0.39 is 12.3 Å². The van der Waals surface area contributed by atoms with Gasteiger partial charge < -0.3 is 24.7 Å². The van der Waals surface area contributed by atoms with Gasteiger partial charge in [0, 0.05) is 0 Å². The van der Waals surface area contributed by atoms with E-state index in [1.165, 1.54) is 0 Å². The average molecular weight is 190 g/mol. The van der Waals surface area contributed by atoms with Crippen LogP contribution in [0.25, 0.3) is 0 Å². The Bertz CT molecular complexity index is 83.9. The second-order valence-electron chi connectivity index (χ2n) is 0.565. The predicted octanol–water partition coefficient (Wildman–Crippen LogP) is -2.59. The molecule has 10 heavy (non-hydrogen) atoms. The van der Waals surface area contributed by atoms with Crippen LogP contribution in [0.15, 0.2) is 0 Å². The molecule has 0 radical (unpaired) electrons. The normalized spacial score (nSPS) is 4.80. The quantitative estimate of drug-likeness (QED) is 0.311. The van der Waals surface area contributed by atoms with Gasteiger partial charge in [-0.3, -0.25) is 0 Å².